The highest BCUT2D eigenvalue weighted by atomic mass is 16.3. The maximum Gasteiger partial charge on any atom is 0.101 e. The molecule has 2 aromatic heterocycles. The van der Waals surface area contributed by atoms with Crippen molar-refractivity contribution in [1.82, 2.24) is 19.7 Å². The van der Waals surface area contributed by atoms with E-state index in [1.165, 1.54) is 17.7 Å². The summed E-state index contributed by atoms with van der Waals surface area (Å²) in [5.41, 5.74) is 3.34. The molecule has 5 nitrogen and oxygen atoms in total. The van der Waals surface area contributed by atoms with Gasteiger partial charge in [-0.3, -0.25) is 14.6 Å². The molecule has 0 bridgehead atoms. The Kier molecular flexibility index (Phi) is 4.14. The first-order chi connectivity index (χ1) is 11.3. The standard InChI is InChI=1S/C18H24N4O/c23-18(15-5-1-6-15)17-10-16-13-21(8-3-9-22(16)20-17)12-14-4-2-7-19-11-14/h2,4,7,10-11,15,18,23H,1,3,5-6,8-9,12-13H2. The summed E-state index contributed by atoms with van der Waals surface area (Å²) in [6, 6.07) is 6.23. The summed E-state index contributed by atoms with van der Waals surface area (Å²) in [5.74, 6) is 0.417. The summed E-state index contributed by atoms with van der Waals surface area (Å²) in [4.78, 5) is 6.64. The molecule has 1 atom stereocenters. The predicted octanol–water partition coefficient (Wildman–Crippen LogP) is 2.52. The van der Waals surface area contributed by atoms with Gasteiger partial charge in [-0.1, -0.05) is 12.5 Å². The summed E-state index contributed by atoms with van der Waals surface area (Å²) in [5, 5.41) is 15.1. The number of hydrogen-bond donors (Lipinski definition) is 1. The first kappa shape index (κ1) is 14.8. The molecule has 23 heavy (non-hydrogen) atoms. The molecule has 2 aromatic rings. The lowest BCUT2D eigenvalue weighted by molar-refractivity contribution is 0.0581. The number of pyridine rings is 1. The van der Waals surface area contributed by atoms with Crippen LogP contribution in [0.5, 0.6) is 0 Å². The zero-order chi connectivity index (χ0) is 15.6. The molecular formula is C18H24N4O. The zero-order valence-electron chi connectivity index (χ0n) is 13.4. The van der Waals surface area contributed by atoms with E-state index in [1.807, 2.05) is 18.5 Å². The highest BCUT2D eigenvalue weighted by Gasteiger charge is 2.29. The van der Waals surface area contributed by atoms with Crippen molar-refractivity contribution in [1.29, 1.82) is 0 Å². The van der Waals surface area contributed by atoms with Gasteiger partial charge in [0.05, 0.1) is 11.4 Å². The van der Waals surface area contributed by atoms with Crippen LogP contribution in [-0.2, 0) is 19.6 Å². The van der Waals surface area contributed by atoms with E-state index in [1.54, 1.807) is 0 Å². The molecule has 0 spiro atoms. The molecule has 1 N–H and O–H groups in total. The number of aryl methyl sites for hydroxylation is 1. The van der Waals surface area contributed by atoms with Crippen molar-refractivity contribution < 1.29 is 5.11 Å². The van der Waals surface area contributed by atoms with Gasteiger partial charge in [-0.2, -0.15) is 5.10 Å². The Labute approximate surface area is 137 Å². The number of aromatic nitrogens is 3. The second-order valence-electron chi connectivity index (χ2n) is 6.84. The summed E-state index contributed by atoms with van der Waals surface area (Å²) in [6.07, 6.45) is 7.98. The summed E-state index contributed by atoms with van der Waals surface area (Å²) in [6.45, 7) is 3.81. The maximum absolute atomic E-state index is 10.5. The van der Waals surface area contributed by atoms with Crippen LogP contribution in [0.15, 0.2) is 30.6 Å². The largest absolute Gasteiger partial charge is 0.386 e. The molecule has 0 saturated heterocycles. The lowest BCUT2D eigenvalue weighted by Gasteiger charge is -2.29. The van der Waals surface area contributed by atoms with Crippen molar-refractivity contribution in [3.8, 4) is 0 Å². The van der Waals surface area contributed by atoms with Gasteiger partial charge in [-0.15, -0.1) is 0 Å². The molecular weight excluding hydrogens is 288 g/mol. The molecule has 122 valence electrons. The molecule has 4 rings (SSSR count). The molecule has 5 heteroatoms. The van der Waals surface area contributed by atoms with Gasteiger partial charge in [0.2, 0.25) is 0 Å². The van der Waals surface area contributed by atoms with Crippen LogP contribution in [0.2, 0.25) is 0 Å². The molecule has 0 aromatic carbocycles. The Morgan fingerprint density at radius 1 is 1.26 bits per heavy atom. The zero-order valence-corrected chi connectivity index (χ0v) is 13.4. The van der Waals surface area contributed by atoms with Crippen LogP contribution >= 0.6 is 0 Å². The molecule has 0 amide bonds. The quantitative estimate of drug-likeness (QED) is 0.942. The Balaban J connectivity index is 1.48. The molecule has 1 unspecified atom stereocenters. The molecule has 0 radical (unpaired) electrons. The fourth-order valence-electron chi connectivity index (χ4n) is 3.58. The van der Waals surface area contributed by atoms with Crippen LogP contribution < -0.4 is 0 Å². The number of fused-ring (bicyclic) bond motifs is 1. The van der Waals surface area contributed by atoms with Crippen LogP contribution in [-0.4, -0.2) is 31.3 Å². The fourth-order valence-corrected chi connectivity index (χ4v) is 3.58. The van der Waals surface area contributed by atoms with Gasteiger partial charge in [0.15, 0.2) is 0 Å². The van der Waals surface area contributed by atoms with Gasteiger partial charge in [0.25, 0.3) is 0 Å². The second-order valence-corrected chi connectivity index (χ2v) is 6.84. The topological polar surface area (TPSA) is 54.2 Å². The van der Waals surface area contributed by atoms with Gasteiger partial charge in [-0.25, -0.2) is 0 Å². The maximum atomic E-state index is 10.5. The van der Waals surface area contributed by atoms with Crippen LogP contribution in [0.25, 0.3) is 0 Å². The Morgan fingerprint density at radius 2 is 2.17 bits per heavy atom. The van der Waals surface area contributed by atoms with Crippen molar-refractivity contribution in [3.63, 3.8) is 0 Å². The number of nitrogens with zero attached hydrogens (tertiary/aromatic N) is 4. The Bertz CT molecular complexity index is 650. The van der Waals surface area contributed by atoms with Crippen molar-refractivity contribution in [2.24, 2.45) is 5.92 Å². The van der Waals surface area contributed by atoms with E-state index in [9.17, 15) is 5.11 Å². The van der Waals surface area contributed by atoms with Gasteiger partial charge in [-0.05, 0) is 42.9 Å². The molecule has 1 fully saturated rings. The van der Waals surface area contributed by atoms with Crippen molar-refractivity contribution >= 4 is 0 Å². The minimum Gasteiger partial charge on any atom is -0.386 e. The number of hydrogen-bond acceptors (Lipinski definition) is 4. The van der Waals surface area contributed by atoms with Crippen molar-refractivity contribution in [3.05, 3.63) is 47.5 Å². The van der Waals surface area contributed by atoms with Gasteiger partial charge >= 0.3 is 0 Å². The third-order valence-corrected chi connectivity index (χ3v) is 5.14. The van der Waals surface area contributed by atoms with E-state index < -0.39 is 0 Å². The van der Waals surface area contributed by atoms with E-state index >= 15 is 0 Å². The SMILES string of the molecule is OC(c1cc2n(n1)CCCN(Cc1cccnc1)C2)C1CCC1. The average molecular weight is 312 g/mol. The minimum atomic E-state index is -0.380. The van der Waals surface area contributed by atoms with E-state index in [0.29, 0.717) is 5.92 Å². The lowest BCUT2D eigenvalue weighted by atomic mass is 9.80. The minimum absolute atomic E-state index is 0.380. The van der Waals surface area contributed by atoms with Crippen LogP contribution in [0.3, 0.4) is 0 Å². The number of aliphatic hydroxyl groups excluding tert-OH is 1. The van der Waals surface area contributed by atoms with Gasteiger partial charge in [0, 0.05) is 38.6 Å². The molecule has 1 aliphatic carbocycles. The lowest BCUT2D eigenvalue weighted by Crippen LogP contribution is -2.23. The van der Waals surface area contributed by atoms with Crippen LogP contribution in [0.1, 0.15) is 48.7 Å². The third kappa shape index (κ3) is 3.16. The number of aliphatic hydroxyl groups is 1. The second kappa shape index (κ2) is 6.42. The van der Waals surface area contributed by atoms with Crippen LogP contribution in [0.4, 0.5) is 0 Å². The highest BCUT2D eigenvalue weighted by Crippen LogP contribution is 2.37. The Morgan fingerprint density at radius 3 is 2.91 bits per heavy atom. The molecule has 1 saturated carbocycles. The van der Waals surface area contributed by atoms with Crippen molar-refractivity contribution in [2.75, 3.05) is 6.54 Å². The summed E-state index contributed by atoms with van der Waals surface area (Å²) < 4.78 is 2.10. The van der Waals surface area contributed by atoms with E-state index in [0.717, 1.165) is 51.1 Å². The summed E-state index contributed by atoms with van der Waals surface area (Å²) in [7, 11) is 0. The normalized spacial score (nSPS) is 20.6. The smallest absolute Gasteiger partial charge is 0.101 e. The van der Waals surface area contributed by atoms with E-state index in [-0.39, 0.29) is 6.10 Å². The van der Waals surface area contributed by atoms with Crippen LogP contribution in [0, 0.1) is 5.92 Å². The molecule has 1 aliphatic heterocycles. The molecule has 2 aliphatic rings. The molecule has 3 heterocycles. The van der Waals surface area contributed by atoms with Gasteiger partial charge < -0.3 is 5.11 Å². The van der Waals surface area contributed by atoms with E-state index in [4.69, 9.17) is 0 Å². The average Bonchev–Trinajstić information content (AvgIpc) is 2.80. The number of rotatable bonds is 4. The van der Waals surface area contributed by atoms with E-state index in [2.05, 4.69) is 31.8 Å². The highest BCUT2D eigenvalue weighted by molar-refractivity contribution is 5.16. The first-order valence-corrected chi connectivity index (χ1v) is 8.65. The summed E-state index contributed by atoms with van der Waals surface area (Å²) >= 11 is 0. The van der Waals surface area contributed by atoms with Crippen molar-refractivity contribution in [2.45, 2.75) is 51.4 Å². The Hall–Kier alpha value is -1.72. The predicted molar refractivity (Wildman–Crippen MR) is 87.5 cm³/mol. The fraction of sp³-hybridized carbons (Fsp3) is 0.556. The van der Waals surface area contributed by atoms with Gasteiger partial charge in [0.1, 0.15) is 6.10 Å². The monoisotopic (exact) mass is 312 g/mol. The first-order valence-electron chi connectivity index (χ1n) is 8.65. The third-order valence-electron chi connectivity index (χ3n) is 5.14.